The fourth-order valence-electron chi connectivity index (χ4n) is 2.15. The molecule has 0 fully saturated rings. The second-order valence-electron chi connectivity index (χ2n) is 5.03. The molecule has 0 aromatic heterocycles. The smallest absolute Gasteiger partial charge is 0.305 e. The summed E-state index contributed by atoms with van der Waals surface area (Å²) >= 11 is 0. The fourth-order valence-corrected chi connectivity index (χ4v) is 2.15. The summed E-state index contributed by atoms with van der Waals surface area (Å²) in [7, 11) is 0. The maximum absolute atomic E-state index is 10.8. The van der Waals surface area contributed by atoms with E-state index in [-0.39, 0.29) is 6.42 Å². The molecule has 1 aromatic rings. The molecule has 1 N–H and O–H groups in total. The highest BCUT2D eigenvalue weighted by molar-refractivity contribution is 5.67. The van der Waals surface area contributed by atoms with Crippen molar-refractivity contribution in [3.05, 3.63) is 29.8 Å². The van der Waals surface area contributed by atoms with E-state index in [9.17, 15) is 4.79 Å². The van der Waals surface area contributed by atoms with E-state index < -0.39 is 5.97 Å². The van der Waals surface area contributed by atoms with Gasteiger partial charge < -0.3 is 10.0 Å². The maximum atomic E-state index is 10.8. The summed E-state index contributed by atoms with van der Waals surface area (Å²) in [5, 5.41) is 8.85. The molecule has 1 rings (SSSR count). The van der Waals surface area contributed by atoms with E-state index in [1.54, 1.807) is 0 Å². The van der Waals surface area contributed by atoms with Crippen molar-refractivity contribution in [3.8, 4) is 0 Å². The summed E-state index contributed by atoms with van der Waals surface area (Å²) in [5.41, 5.74) is 2.35. The van der Waals surface area contributed by atoms with Crippen molar-refractivity contribution in [2.75, 3.05) is 18.0 Å². The van der Waals surface area contributed by atoms with Gasteiger partial charge in [0.05, 0.1) is 6.42 Å². The molecule has 0 bridgehead atoms. The molecule has 0 heterocycles. The number of carbonyl (C=O) groups is 1. The van der Waals surface area contributed by atoms with Gasteiger partial charge in [-0.1, -0.05) is 38.3 Å². The van der Waals surface area contributed by atoms with Gasteiger partial charge in [-0.25, -0.2) is 0 Å². The lowest BCUT2D eigenvalue weighted by Gasteiger charge is -2.24. The number of anilines is 1. The van der Waals surface area contributed by atoms with Crippen LogP contribution in [-0.4, -0.2) is 24.2 Å². The van der Waals surface area contributed by atoms with Gasteiger partial charge >= 0.3 is 5.97 Å². The van der Waals surface area contributed by atoms with Gasteiger partial charge in [0.15, 0.2) is 0 Å². The Labute approximate surface area is 116 Å². The van der Waals surface area contributed by atoms with E-state index in [1.165, 1.54) is 24.8 Å². The zero-order valence-electron chi connectivity index (χ0n) is 12.1. The Bertz CT molecular complexity index is 390. The number of aryl methyl sites for hydroxylation is 1. The summed E-state index contributed by atoms with van der Waals surface area (Å²) in [5.74, 6) is -0.730. The first-order valence-electron chi connectivity index (χ1n) is 7.17. The predicted molar refractivity (Wildman–Crippen MR) is 79.8 cm³/mol. The molecular formula is C16H25NO2. The predicted octanol–water partition coefficient (Wildman–Crippen LogP) is 3.86. The molecular weight excluding hydrogens is 238 g/mol. The first-order valence-corrected chi connectivity index (χ1v) is 7.17. The van der Waals surface area contributed by atoms with E-state index in [1.807, 2.05) is 6.07 Å². The molecule has 0 aliphatic heterocycles. The van der Waals surface area contributed by atoms with E-state index >= 15 is 0 Å². The molecule has 0 aliphatic rings. The maximum Gasteiger partial charge on any atom is 0.305 e. The van der Waals surface area contributed by atoms with Crippen LogP contribution in [0.2, 0.25) is 0 Å². The molecule has 0 atom stereocenters. The Morgan fingerprint density at radius 3 is 2.63 bits per heavy atom. The minimum atomic E-state index is -0.730. The third-order valence-electron chi connectivity index (χ3n) is 3.24. The van der Waals surface area contributed by atoms with Crippen molar-refractivity contribution < 1.29 is 9.90 Å². The van der Waals surface area contributed by atoms with Crippen molar-refractivity contribution in [1.29, 1.82) is 0 Å². The minimum absolute atomic E-state index is 0.196. The molecule has 3 nitrogen and oxygen atoms in total. The van der Waals surface area contributed by atoms with Crippen LogP contribution >= 0.6 is 0 Å². The standard InChI is InChI=1S/C16H25NO2/c1-3-4-5-6-11-17(12-10-16(18)19)15-9-7-8-14(2)13-15/h7-9,13H,3-6,10-12H2,1-2H3,(H,18,19). The number of nitrogens with zero attached hydrogens (tertiary/aromatic N) is 1. The number of rotatable bonds is 9. The van der Waals surface area contributed by atoms with Crippen LogP contribution in [0.25, 0.3) is 0 Å². The number of benzene rings is 1. The summed E-state index contributed by atoms with van der Waals surface area (Å²) in [6, 6.07) is 8.29. The first kappa shape index (κ1) is 15.5. The van der Waals surface area contributed by atoms with Gasteiger partial charge in [-0.15, -0.1) is 0 Å². The number of aliphatic carboxylic acids is 1. The highest BCUT2D eigenvalue weighted by Gasteiger charge is 2.08. The fraction of sp³-hybridized carbons (Fsp3) is 0.562. The lowest BCUT2D eigenvalue weighted by atomic mass is 10.1. The first-order chi connectivity index (χ1) is 9.13. The summed E-state index contributed by atoms with van der Waals surface area (Å²) in [6.07, 6.45) is 5.01. The lowest BCUT2D eigenvalue weighted by molar-refractivity contribution is -0.136. The summed E-state index contributed by atoms with van der Waals surface area (Å²) < 4.78 is 0. The van der Waals surface area contributed by atoms with Crippen molar-refractivity contribution in [2.45, 2.75) is 46.0 Å². The number of unbranched alkanes of at least 4 members (excludes halogenated alkanes) is 3. The quantitative estimate of drug-likeness (QED) is 0.688. The van der Waals surface area contributed by atoms with Crippen molar-refractivity contribution in [2.24, 2.45) is 0 Å². The van der Waals surface area contributed by atoms with E-state index in [0.717, 1.165) is 18.7 Å². The van der Waals surface area contributed by atoms with Crippen LogP contribution in [0.1, 0.15) is 44.6 Å². The monoisotopic (exact) mass is 263 g/mol. The van der Waals surface area contributed by atoms with Crippen LogP contribution in [0.4, 0.5) is 5.69 Å². The summed E-state index contributed by atoms with van der Waals surface area (Å²) in [6.45, 7) is 5.79. The topological polar surface area (TPSA) is 40.5 Å². The SMILES string of the molecule is CCCCCCN(CCC(=O)O)c1cccc(C)c1. The Morgan fingerprint density at radius 1 is 1.21 bits per heavy atom. The number of hydrogen-bond donors (Lipinski definition) is 1. The average Bonchev–Trinajstić information content (AvgIpc) is 2.37. The third kappa shape index (κ3) is 6.27. The van der Waals surface area contributed by atoms with Crippen molar-refractivity contribution >= 4 is 11.7 Å². The van der Waals surface area contributed by atoms with Crippen LogP contribution in [0.5, 0.6) is 0 Å². The molecule has 0 aliphatic carbocycles. The molecule has 0 saturated heterocycles. The van der Waals surface area contributed by atoms with Crippen LogP contribution in [0.15, 0.2) is 24.3 Å². The molecule has 0 unspecified atom stereocenters. The van der Waals surface area contributed by atoms with Crippen LogP contribution < -0.4 is 4.90 Å². The zero-order valence-corrected chi connectivity index (χ0v) is 12.1. The van der Waals surface area contributed by atoms with Crippen LogP contribution in [0, 0.1) is 6.92 Å². The van der Waals surface area contributed by atoms with Crippen molar-refractivity contribution in [1.82, 2.24) is 0 Å². The zero-order chi connectivity index (χ0) is 14.1. The molecule has 1 aromatic carbocycles. The van der Waals surface area contributed by atoms with E-state index in [2.05, 4.69) is 36.9 Å². The van der Waals surface area contributed by atoms with Crippen LogP contribution in [-0.2, 0) is 4.79 Å². The normalized spacial score (nSPS) is 10.4. The molecule has 106 valence electrons. The second-order valence-corrected chi connectivity index (χ2v) is 5.03. The highest BCUT2D eigenvalue weighted by Crippen LogP contribution is 2.17. The Kier molecular flexibility index (Phi) is 7.01. The van der Waals surface area contributed by atoms with Crippen molar-refractivity contribution in [3.63, 3.8) is 0 Å². The Morgan fingerprint density at radius 2 is 2.00 bits per heavy atom. The van der Waals surface area contributed by atoms with Gasteiger partial charge in [0.25, 0.3) is 0 Å². The van der Waals surface area contributed by atoms with Gasteiger partial charge in [-0.2, -0.15) is 0 Å². The highest BCUT2D eigenvalue weighted by atomic mass is 16.4. The van der Waals surface area contributed by atoms with E-state index in [0.29, 0.717) is 6.54 Å². The van der Waals surface area contributed by atoms with Gasteiger partial charge in [0, 0.05) is 18.8 Å². The Balaban J connectivity index is 2.60. The largest absolute Gasteiger partial charge is 0.481 e. The Hall–Kier alpha value is -1.51. The average molecular weight is 263 g/mol. The second kappa shape index (κ2) is 8.57. The van der Waals surface area contributed by atoms with Crippen LogP contribution in [0.3, 0.4) is 0 Å². The molecule has 19 heavy (non-hydrogen) atoms. The molecule has 0 saturated carbocycles. The lowest BCUT2D eigenvalue weighted by Crippen LogP contribution is -2.27. The van der Waals surface area contributed by atoms with Gasteiger partial charge in [-0.3, -0.25) is 4.79 Å². The van der Waals surface area contributed by atoms with Gasteiger partial charge in [0.1, 0.15) is 0 Å². The van der Waals surface area contributed by atoms with Gasteiger partial charge in [0.2, 0.25) is 0 Å². The number of hydrogen-bond acceptors (Lipinski definition) is 2. The third-order valence-corrected chi connectivity index (χ3v) is 3.24. The molecule has 0 radical (unpaired) electrons. The van der Waals surface area contributed by atoms with E-state index in [4.69, 9.17) is 5.11 Å². The summed E-state index contributed by atoms with van der Waals surface area (Å²) in [4.78, 5) is 12.9. The van der Waals surface area contributed by atoms with Gasteiger partial charge in [-0.05, 0) is 31.0 Å². The minimum Gasteiger partial charge on any atom is -0.481 e. The number of carboxylic acid groups (broad SMARTS) is 1. The molecule has 3 heteroatoms. The molecule has 0 amide bonds. The molecule has 0 spiro atoms. The number of carboxylic acids is 1.